The fourth-order valence-corrected chi connectivity index (χ4v) is 9.34. The minimum absolute atomic E-state index is 0.0511. The Bertz CT molecular complexity index is 1040. The maximum Gasteiger partial charge on any atom is 0.315 e. The molecule has 4 aliphatic rings. The number of hydrogen-bond donors (Lipinski definition) is 6. The molecule has 0 spiro atoms. The number of carbonyl (C=O) groups excluding carboxylic acids is 3. The molecule has 4 amide bonds. The summed E-state index contributed by atoms with van der Waals surface area (Å²) in [4.78, 5) is 35.9. The summed E-state index contributed by atoms with van der Waals surface area (Å²) in [6.45, 7) is 3.53. The van der Waals surface area contributed by atoms with Crippen LogP contribution in [0.25, 0.3) is 0 Å². The van der Waals surface area contributed by atoms with Crippen LogP contribution >= 0.6 is 11.8 Å². The number of rotatable bonds is 21. The van der Waals surface area contributed by atoms with Gasteiger partial charge in [-0.05, 0) is 82.5 Å². The number of allylic oxidation sites excluding steroid dienone is 2. The van der Waals surface area contributed by atoms with Gasteiger partial charge in [-0.2, -0.15) is 11.8 Å². The van der Waals surface area contributed by atoms with Crippen molar-refractivity contribution in [1.29, 1.82) is 0 Å². The van der Waals surface area contributed by atoms with E-state index in [4.69, 9.17) is 0 Å². The van der Waals surface area contributed by atoms with E-state index in [0.717, 1.165) is 102 Å². The molecular weight excluding hydrogens is 600 g/mol. The lowest BCUT2D eigenvalue weighted by atomic mass is 9.90. The molecule has 2 heterocycles. The van der Waals surface area contributed by atoms with E-state index < -0.39 is 6.10 Å². The van der Waals surface area contributed by atoms with Crippen molar-refractivity contribution in [2.75, 3.05) is 18.8 Å². The van der Waals surface area contributed by atoms with E-state index in [1.165, 1.54) is 5.57 Å². The third-order valence-electron chi connectivity index (χ3n) is 10.4. The lowest BCUT2D eigenvalue weighted by Crippen LogP contribution is -2.36. The number of urea groups is 1. The minimum atomic E-state index is -0.410. The normalized spacial score (nSPS) is 29.9. The minimum Gasteiger partial charge on any atom is -0.392 e. The molecule has 0 unspecified atom stereocenters. The van der Waals surface area contributed by atoms with Crippen molar-refractivity contribution in [3.05, 3.63) is 23.8 Å². The molecule has 46 heavy (non-hydrogen) atoms. The van der Waals surface area contributed by atoms with Crippen LogP contribution in [0.4, 0.5) is 4.79 Å². The second-order valence-electron chi connectivity index (χ2n) is 14.0. The Balaban J connectivity index is 0.956. The molecule has 0 bridgehead atoms. The van der Waals surface area contributed by atoms with Crippen LogP contribution in [0.2, 0.25) is 0 Å². The van der Waals surface area contributed by atoms with Gasteiger partial charge in [0.2, 0.25) is 11.8 Å². The lowest BCUT2D eigenvalue weighted by molar-refractivity contribution is -0.121. The van der Waals surface area contributed by atoms with Gasteiger partial charge in [-0.1, -0.05) is 56.4 Å². The van der Waals surface area contributed by atoms with Crippen LogP contribution in [0, 0.1) is 17.8 Å². The Morgan fingerprint density at radius 2 is 1.74 bits per heavy atom. The maximum atomic E-state index is 12.3. The Hall–Kier alpha value is -2.04. The van der Waals surface area contributed by atoms with E-state index in [1.807, 2.05) is 17.8 Å². The fourth-order valence-electron chi connectivity index (χ4n) is 7.80. The zero-order chi connectivity index (χ0) is 32.7. The number of fused-ring (bicyclic) bond motifs is 2. The molecule has 4 fully saturated rings. The molecule has 2 aliphatic heterocycles. The average Bonchev–Trinajstić information content (AvgIpc) is 3.77. The molecule has 2 saturated heterocycles. The predicted molar refractivity (Wildman–Crippen MR) is 185 cm³/mol. The van der Waals surface area contributed by atoms with E-state index >= 15 is 0 Å². The van der Waals surface area contributed by atoms with Crippen molar-refractivity contribution in [2.24, 2.45) is 17.8 Å². The molecule has 2 saturated carbocycles. The van der Waals surface area contributed by atoms with Crippen LogP contribution in [0.15, 0.2) is 23.8 Å². The molecule has 2 aliphatic carbocycles. The quantitative estimate of drug-likeness (QED) is 0.0574. The number of nitrogens with one attached hydrogen (secondary N) is 4. The highest BCUT2D eigenvalue weighted by atomic mass is 32.2. The fraction of sp³-hybridized carbons (Fsp3) is 0.806. The summed E-state index contributed by atoms with van der Waals surface area (Å²) >= 11 is 1.92. The molecule has 0 aromatic rings. The van der Waals surface area contributed by atoms with Crippen molar-refractivity contribution < 1.29 is 24.6 Å². The van der Waals surface area contributed by atoms with Gasteiger partial charge >= 0.3 is 6.03 Å². The van der Waals surface area contributed by atoms with Gasteiger partial charge in [0.1, 0.15) is 0 Å². The SMILES string of the molecule is CCCCC[C@H](O)/C=C/[C@@H]1[C@H]2C/C(=C/CCCC(=O)NCCCCCNC(=O)CCCC[C@H]3SC[C@H]4NC(=O)N[C@@H]43)C[C@@H]2C[C@H]1O. The van der Waals surface area contributed by atoms with Crippen LogP contribution in [0.3, 0.4) is 0 Å². The van der Waals surface area contributed by atoms with E-state index in [0.29, 0.717) is 43.0 Å². The number of unbranched alkanes of at least 4 members (excludes halogenated alkanes) is 6. The second-order valence-corrected chi connectivity index (χ2v) is 15.3. The first-order valence-corrected chi connectivity index (χ1v) is 19.3. The van der Waals surface area contributed by atoms with Crippen LogP contribution in [-0.4, -0.2) is 76.4 Å². The summed E-state index contributed by atoms with van der Waals surface area (Å²) in [5.41, 5.74) is 1.47. The Labute approximate surface area is 281 Å². The van der Waals surface area contributed by atoms with Gasteiger partial charge in [-0.15, -0.1) is 0 Å². The van der Waals surface area contributed by atoms with Gasteiger partial charge in [0.05, 0.1) is 24.3 Å². The van der Waals surface area contributed by atoms with E-state index in [-0.39, 0.29) is 42.0 Å². The van der Waals surface area contributed by atoms with Gasteiger partial charge in [-0.25, -0.2) is 4.79 Å². The Morgan fingerprint density at radius 3 is 2.50 bits per heavy atom. The molecular formula is C36H60N4O5S. The first-order valence-electron chi connectivity index (χ1n) is 18.3. The van der Waals surface area contributed by atoms with Crippen molar-refractivity contribution in [3.63, 3.8) is 0 Å². The highest BCUT2D eigenvalue weighted by Gasteiger charge is 2.45. The Kier molecular flexibility index (Phi) is 15.8. The zero-order valence-electron chi connectivity index (χ0n) is 28.0. The zero-order valence-corrected chi connectivity index (χ0v) is 28.8. The lowest BCUT2D eigenvalue weighted by Gasteiger charge is -2.17. The summed E-state index contributed by atoms with van der Waals surface area (Å²) in [7, 11) is 0. The largest absolute Gasteiger partial charge is 0.392 e. The summed E-state index contributed by atoms with van der Waals surface area (Å²) < 4.78 is 0. The van der Waals surface area contributed by atoms with Crippen molar-refractivity contribution in [3.8, 4) is 0 Å². The first-order chi connectivity index (χ1) is 22.3. The van der Waals surface area contributed by atoms with Crippen LogP contribution in [0.5, 0.6) is 0 Å². The van der Waals surface area contributed by atoms with Gasteiger partial charge in [0.25, 0.3) is 0 Å². The molecule has 0 aromatic heterocycles. The smallest absolute Gasteiger partial charge is 0.315 e. The summed E-state index contributed by atoms with van der Waals surface area (Å²) in [6.07, 6.45) is 21.2. The molecule has 6 N–H and O–H groups in total. The molecule has 0 aromatic carbocycles. The van der Waals surface area contributed by atoms with Crippen molar-refractivity contribution in [1.82, 2.24) is 21.3 Å². The topological polar surface area (TPSA) is 140 Å². The maximum absolute atomic E-state index is 12.3. The third kappa shape index (κ3) is 11.9. The number of carbonyl (C=O) groups is 3. The van der Waals surface area contributed by atoms with Crippen LogP contribution in [-0.2, 0) is 9.59 Å². The number of thioether (sulfide) groups is 1. The second kappa shape index (κ2) is 19.7. The molecule has 9 nitrogen and oxygen atoms in total. The van der Waals surface area contributed by atoms with Gasteiger partial charge in [-0.3, -0.25) is 9.59 Å². The van der Waals surface area contributed by atoms with E-state index in [9.17, 15) is 24.6 Å². The van der Waals surface area contributed by atoms with Crippen molar-refractivity contribution >= 4 is 29.6 Å². The van der Waals surface area contributed by atoms with Gasteiger partial charge in [0.15, 0.2) is 0 Å². The summed E-state index contributed by atoms with van der Waals surface area (Å²) in [5.74, 6) is 2.32. The number of aliphatic hydroxyl groups excluding tert-OH is 2. The Morgan fingerprint density at radius 1 is 0.978 bits per heavy atom. The van der Waals surface area contributed by atoms with Crippen LogP contribution < -0.4 is 21.3 Å². The average molecular weight is 661 g/mol. The molecule has 4 rings (SSSR count). The summed E-state index contributed by atoms with van der Waals surface area (Å²) in [6, 6.07) is 0.437. The highest BCUT2D eigenvalue weighted by molar-refractivity contribution is 8.00. The predicted octanol–water partition coefficient (Wildman–Crippen LogP) is 5.12. The first kappa shape index (κ1) is 36.8. The van der Waals surface area contributed by atoms with E-state index in [2.05, 4.69) is 40.3 Å². The number of amides is 4. The van der Waals surface area contributed by atoms with E-state index in [1.54, 1.807) is 0 Å². The molecule has 0 radical (unpaired) electrons. The molecule has 260 valence electrons. The third-order valence-corrected chi connectivity index (χ3v) is 11.9. The van der Waals surface area contributed by atoms with Gasteiger partial charge in [0, 0.05) is 42.9 Å². The van der Waals surface area contributed by atoms with Gasteiger partial charge < -0.3 is 31.5 Å². The number of aliphatic hydroxyl groups is 2. The standard InChI is InChI=1S/C36H60N4O5S/c1-2-3-5-13-27(41)17-18-28-29-22-25(21-26(29)23-31(28)42)12-6-8-15-33(43)37-19-10-4-11-20-38-34(44)16-9-7-14-32-35-30(24-46-32)39-36(45)40-35/h12,17-18,26-32,35,41-42H,2-11,13-16,19-24H2,1H3,(H,37,43)(H,38,44)(H2,39,40,45)/b18-17+,25-12+/t26-,27+,28-,29+,30-,31-,32-,35+/m1/s1. The molecule has 8 atom stereocenters. The summed E-state index contributed by atoms with van der Waals surface area (Å²) in [5, 5.41) is 33.4. The van der Waals surface area contributed by atoms with Crippen LogP contribution in [0.1, 0.15) is 116 Å². The monoisotopic (exact) mass is 660 g/mol. The molecule has 10 heteroatoms. The highest BCUT2D eigenvalue weighted by Crippen LogP contribution is 2.50. The number of hydrogen-bond acceptors (Lipinski definition) is 6. The van der Waals surface area contributed by atoms with Crippen molar-refractivity contribution in [2.45, 2.75) is 146 Å².